The zero-order chi connectivity index (χ0) is 9.52. The standard InChI is InChI=1S/C10H12BrFO/c11-8-9-2-4-10(5-3-9)13-7-1-6-12/h2-5H,1,6-8H2. The molecular weight excluding hydrogens is 235 g/mol. The molecule has 1 aromatic carbocycles. The Bertz CT molecular complexity index is 235. The Labute approximate surface area is 86.0 Å². The maximum absolute atomic E-state index is 11.7. The van der Waals surface area contributed by atoms with Gasteiger partial charge in [0.15, 0.2) is 0 Å². The molecule has 0 fully saturated rings. The van der Waals surface area contributed by atoms with Crippen LogP contribution in [0.25, 0.3) is 0 Å². The van der Waals surface area contributed by atoms with Crippen LogP contribution < -0.4 is 4.74 Å². The normalized spacial score (nSPS) is 10.0. The molecule has 1 rings (SSSR count). The van der Waals surface area contributed by atoms with E-state index in [0.717, 1.165) is 11.1 Å². The van der Waals surface area contributed by atoms with Crippen molar-refractivity contribution in [3.8, 4) is 5.75 Å². The Morgan fingerprint density at radius 1 is 1.23 bits per heavy atom. The van der Waals surface area contributed by atoms with Crippen molar-refractivity contribution >= 4 is 15.9 Å². The number of hydrogen-bond acceptors (Lipinski definition) is 1. The molecule has 0 aliphatic heterocycles. The van der Waals surface area contributed by atoms with E-state index in [1.165, 1.54) is 5.56 Å². The van der Waals surface area contributed by atoms with Crippen molar-refractivity contribution in [2.45, 2.75) is 11.8 Å². The summed E-state index contributed by atoms with van der Waals surface area (Å²) in [5.74, 6) is 0.804. The SMILES string of the molecule is FCCCOc1ccc(CBr)cc1. The first-order chi connectivity index (χ1) is 6.36. The molecule has 1 nitrogen and oxygen atoms in total. The highest BCUT2D eigenvalue weighted by Crippen LogP contribution is 2.14. The van der Waals surface area contributed by atoms with Crippen molar-refractivity contribution in [2.75, 3.05) is 13.3 Å². The van der Waals surface area contributed by atoms with Gasteiger partial charge in [-0.25, -0.2) is 0 Å². The molecule has 3 heteroatoms. The fourth-order valence-electron chi connectivity index (χ4n) is 0.919. The van der Waals surface area contributed by atoms with Gasteiger partial charge in [-0.2, -0.15) is 0 Å². The molecule has 0 aliphatic rings. The summed E-state index contributed by atoms with van der Waals surface area (Å²) in [6, 6.07) is 7.77. The van der Waals surface area contributed by atoms with Crippen LogP contribution in [0.1, 0.15) is 12.0 Å². The van der Waals surface area contributed by atoms with Gasteiger partial charge in [0, 0.05) is 11.8 Å². The molecule has 0 aromatic heterocycles. The van der Waals surface area contributed by atoms with Crippen LogP contribution in [0.4, 0.5) is 4.39 Å². The van der Waals surface area contributed by atoms with E-state index in [0.29, 0.717) is 13.0 Å². The first-order valence-corrected chi connectivity index (χ1v) is 5.32. The lowest BCUT2D eigenvalue weighted by Gasteiger charge is -2.04. The van der Waals surface area contributed by atoms with Crippen LogP contribution in [0.5, 0.6) is 5.75 Å². The Hall–Kier alpha value is -0.570. The number of benzene rings is 1. The average molecular weight is 247 g/mol. The molecule has 0 spiro atoms. The first-order valence-electron chi connectivity index (χ1n) is 4.20. The van der Waals surface area contributed by atoms with Gasteiger partial charge in [0.05, 0.1) is 13.3 Å². The third-order valence-electron chi connectivity index (χ3n) is 1.62. The number of rotatable bonds is 5. The topological polar surface area (TPSA) is 9.23 Å². The largest absolute Gasteiger partial charge is 0.494 e. The fraction of sp³-hybridized carbons (Fsp3) is 0.400. The summed E-state index contributed by atoms with van der Waals surface area (Å²) in [5.41, 5.74) is 1.21. The van der Waals surface area contributed by atoms with Gasteiger partial charge in [-0.3, -0.25) is 4.39 Å². The smallest absolute Gasteiger partial charge is 0.119 e. The Morgan fingerprint density at radius 2 is 1.92 bits per heavy atom. The van der Waals surface area contributed by atoms with Crippen molar-refractivity contribution < 1.29 is 9.13 Å². The number of alkyl halides is 2. The summed E-state index contributed by atoms with van der Waals surface area (Å²) < 4.78 is 17.0. The minimum absolute atomic E-state index is 0.320. The molecule has 0 N–H and O–H groups in total. The molecule has 0 atom stereocenters. The van der Waals surface area contributed by atoms with Gasteiger partial charge in [-0.1, -0.05) is 28.1 Å². The van der Waals surface area contributed by atoms with Crippen LogP contribution in [-0.4, -0.2) is 13.3 Å². The Morgan fingerprint density at radius 3 is 2.46 bits per heavy atom. The summed E-state index contributed by atoms with van der Waals surface area (Å²) in [6.45, 7) is 0.129. The quantitative estimate of drug-likeness (QED) is 0.572. The van der Waals surface area contributed by atoms with Crippen molar-refractivity contribution in [3.05, 3.63) is 29.8 Å². The second-order valence-corrected chi connectivity index (χ2v) is 3.23. The summed E-state index contributed by atoms with van der Waals surface area (Å²) >= 11 is 3.36. The van der Waals surface area contributed by atoms with E-state index in [9.17, 15) is 4.39 Å². The molecular formula is C10H12BrFO. The maximum Gasteiger partial charge on any atom is 0.119 e. The second-order valence-electron chi connectivity index (χ2n) is 2.67. The highest BCUT2D eigenvalue weighted by Gasteiger charge is 1.93. The summed E-state index contributed by atoms with van der Waals surface area (Å²) in [4.78, 5) is 0. The number of ether oxygens (including phenoxy) is 1. The van der Waals surface area contributed by atoms with Crippen LogP contribution in [0.3, 0.4) is 0 Å². The molecule has 72 valence electrons. The molecule has 0 bridgehead atoms. The summed E-state index contributed by atoms with van der Waals surface area (Å²) in [7, 11) is 0. The zero-order valence-corrected chi connectivity index (χ0v) is 8.89. The monoisotopic (exact) mass is 246 g/mol. The van der Waals surface area contributed by atoms with Crippen molar-refractivity contribution in [3.63, 3.8) is 0 Å². The van der Waals surface area contributed by atoms with Crippen LogP contribution in [0, 0.1) is 0 Å². The summed E-state index contributed by atoms with van der Waals surface area (Å²) in [6.07, 6.45) is 0.459. The van der Waals surface area contributed by atoms with Crippen LogP contribution >= 0.6 is 15.9 Å². The van der Waals surface area contributed by atoms with Gasteiger partial charge in [0.25, 0.3) is 0 Å². The van der Waals surface area contributed by atoms with Gasteiger partial charge < -0.3 is 4.74 Å². The predicted octanol–water partition coefficient (Wildman–Crippen LogP) is 3.32. The maximum atomic E-state index is 11.7. The molecule has 0 heterocycles. The van der Waals surface area contributed by atoms with Crippen LogP contribution in [-0.2, 0) is 5.33 Å². The van der Waals surface area contributed by atoms with Gasteiger partial charge in [-0.05, 0) is 17.7 Å². The molecule has 0 saturated carbocycles. The highest BCUT2D eigenvalue weighted by atomic mass is 79.9. The Balaban J connectivity index is 2.40. The van der Waals surface area contributed by atoms with Crippen LogP contribution in [0.2, 0.25) is 0 Å². The van der Waals surface area contributed by atoms with E-state index in [-0.39, 0.29) is 6.67 Å². The highest BCUT2D eigenvalue weighted by molar-refractivity contribution is 9.08. The minimum Gasteiger partial charge on any atom is -0.494 e. The average Bonchev–Trinajstić information content (AvgIpc) is 2.19. The van der Waals surface area contributed by atoms with Gasteiger partial charge in [-0.15, -0.1) is 0 Å². The minimum atomic E-state index is -0.320. The molecule has 13 heavy (non-hydrogen) atoms. The fourth-order valence-corrected chi connectivity index (χ4v) is 1.29. The Kier molecular flexibility index (Phi) is 4.83. The molecule has 0 aliphatic carbocycles. The third kappa shape index (κ3) is 3.77. The van der Waals surface area contributed by atoms with Gasteiger partial charge in [0.2, 0.25) is 0 Å². The molecule has 0 radical (unpaired) electrons. The van der Waals surface area contributed by atoms with E-state index in [2.05, 4.69) is 15.9 Å². The van der Waals surface area contributed by atoms with Gasteiger partial charge >= 0.3 is 0 Å². The van der Waals surface area contributed by atoms with Crippen molar-refractivity contribution in [1.29, 1.82) is 0 Å². The van der Waals surface area contributed by atoms with E-state index in [1.807, 2.05) is 24.3 Å². The predicted molar refractivity (Wildman–Crippen MR) is 55.2 cm³/mol. The lowest BCUT2D eigenvalue weighted by Crippen LogP contribution is -1.97. The number of hydrogen-bond donors (Lipinski definition) is 0. The second kappa shape index (κ2) is 5.97. The molecule has 0 saturated heterocycles. The molecule has 0 unspecified atom stereocenters. The van der Waals surface area contributed by atoms with Gasteiger partial charge in [0.1, 0.15) is 5.75 Å². The van der Waals surface area contributed by atoms with Crippen molar-refractivity contribution in [2.24, 2.45) is 0 Å². The molecule has 1 aromatic rings. The number of halogens is 2. The lowest BCUT2D eigenvalue weighted by atomic mass is 10.2. The van der Waals surface area contributed by atoms with E-state index < -0.39 is 0 Å². The molecule has 0 amide bonds. The van der Waals surface area contributed by atoms with Crippen LogP contribution in [0.15, 0.2) is 24.3 Å². The first kappa shape index (κ1) is 10.5. The van der Waals surface area contributed by atoms with E-state index >= 15 is 0 Å². The van der Waals surface area contributed by atoms with E-state index in [1.54, 1.807) is 0 Å². The van der Waals surface area contributed by atoms with E-state index in [4.69, 9.17) is 4.74 Å². The summed E-state index contributed by atoms with van der Waals surface area (Å²) in [5, 5.41) is 0.845. The zero-order valence-electron chi connectivity index (χ0n) is 7.30. The lowest BCUT2D eigenvalue weighted by molar-refractivity contribution is 0.289. The third-order valence-corrected chi connectivity index (χ3v) is 2.27. The van der Waals surface area contributed by atoms with Crippen molar-refractivity contribution in [1.82, 2.24) is 0 Å².